The molecule has 74 valence electrons. The van der Waals surface area contributed by atoms with Crippen LogP contribution in [-0.4, -0.2) is 35.3 Å². The molecule has 6 heteroatoms. The van der Waals surface area contributed by atoms with Crippen molar-refractivity contribution in [2.24, 2.45) is 5.92 Å². The molecular weight excluding hydrogens is 178 g/mol. The van der Waals surface area contributed by atoms with Crippen molar-refractivity contribution in [3.05, 3.63) is 10.1 Å². The maximum Gasteiger partial charge on any atom is 0.309 e. The molecule has 0 atom stereocenters. The van der Waals surface area contributed by atoms with Crippen LogP contribution in [0.2, 0.25) is 0 Å². The van der Waals surface area contributed by atoms with Crippen LogP contribution in [0.15, 0.2) is 0 Å². The Morgan fingerprint density at radius 2 is 2.23 bits per heavy atom. The molecule has 0 bridgehead atoms. The lowest BCUT2D eigenvalue weighted by Gasteiger charge is -2.26. The molecule has 1 fully saturated rings. The summed E-state index contributed by atoms with van der Waals surface area (Å²) in [5.74, 6) is -0.783. The first kappa shape index (κ1) is 9.91. The lowest BCUT2D eigenvalue weighted by atomic mass is 9.81. The highest BCUT2D eigenvalue weighted by Gasteiger charge is 2.43. The summed E-state index contributed by atoms with van der Waals surface area (Å²) in [6.07, 6.45) is 0.522. The number of hydrogen-bond donors (Lipinski definition) is 1. The summed E-state index contributed by atoms with van der Waals surface area (Å²) in [6, 6.07) is -0.591. The molecular formula is C7H11NO5. The average Bonchev–Trinajstić information content (AvgIpc) is 1.97. The lowest BCUT2D eigenvalue weighted by Crippen LogP contribution is -2.40. The molecule has 1 N–H and O–H groups in total. The van der Waals surface area contributed by atoms with Crippen molar-refractivity contribution in [1.29, 1.82) is 0 Å². The minimum absolute atomic E-state index is 0.0293. The van der Waals surface area contributed by atoms with Gasteiger partial charge in [0.1, 0.15) is 6.61 Å². The second kappa shape index (κ2) is 4.18. The molecule has 0 unspecified atom stereocenters. The van der Waals surface area contributed by atoms with E-state index < -0.39 is 12.0 Å². The number of aliphatic hydroxyl groups excluding tert-OH is 1. The number of nitro groups is 1. The molecule has 0 heterocycles. The second-order valence-electron chi connectivity index (χ2n) is 3.00. The lowest BCUT2D eigenvalue weighted by molar-refractivity contribution is -0.539. The highest BCUT2D eigenvalue weighted by molar-refractivity contribution is 5.73. The molecule has 0 saturated heterocycles. The molecule has 0 aromatic heterocycles. The molecule has 1 aliphatic carbocycles. The zero-order valence-corrected chi connectivity index (χ0v) is 7.01. The van der Waals surface area contributed by atoms with E-state index >= 15 is 0 Å². The predicted octanol–water partition coefficient (Wildman–Crippen LogP) is -0.423. The fraction of sp³-hybridized carbons (Fsp3) is 0.857. The Labute approximate surface area is 74.6 Å². The maximum atomic E-state index is 11.0. The van der Waals surface area contributed by atoms with Crippen LogP contribution in [0.1, 0.15) is 12.8 Å². The summed E-state index contributed by atoms with van der Waals surface area (Å²) in [4.78, 5) is 20.8. The van der Waals surface area contributed by atoms with Crippen molar-refractivity contribution in [2.45, 2.75) is 18.9 Å². The molecule has 1 aliphatic rings. The van der Waals surface area contributed by atoms with Gasteiger partial charge in [0.05, 0.1) is 12.5 Å². The summed E-state index contributed by atoms with van der Waals surface area (Å²) in [5, 5.41) is 18.5. The van der Waals surface area contributed by atoms with Crippen molar-refractivity contribution < 1.29 is 19.6 Å². The summed E-state index contributed by atoms with van der Waals surface area (Å²) in [5.41, 5.74) is 0. The molecule has 1 saturated carbocycles. The van der Waals surface area contributed by atoms with Crippen LogP contribution >= 0.6 is 0 Å². The molecule has 0 aromatic rings. The van der Waals surface area contributed by atoms with Gasteiger partial charge in [0.25, 0.3) is 0 Å². The third kappa shape index (κ3) is 2.38. The number of ether oxygens (including phenoxy) is 1. The molecule has 6 nitrogen and oxygen atoms in total. The Hall–Kier alpha value is -1.17. The Bertz CT molecular complexity index is 211. The Morgan fingerprint density at radius 3 is 2.69 bits per heavy atom. The normalized spacial score (nSPS) is 26.2. The van der Waals surface area contributed by atoms with Gasteiger partial charge in [-0.3, -0.25) is 14.9 Å². The fourth-order valence-corrected chi connectivity index (χ4v) is 1.22. The number of hydrogen-bond acceptors (Lipinski definition) is 5. The first-order valence-electron chi connectivity index (χ1n) is 4.06. The third-order valence-electron chi connectivity index (χ3n) is 2.08. The largest absolute Gasteiger partial charge is 0.463 e. The molecule has 0 aliphatic heterocycles. The van der Waals surface area contributed by atoms with Gasteiger partial charge in [-0.15, -0.1) is 0 Å². The number of carbonyl (C=O) groups excluding carboxylic acids is 1. The highest BCUT2D eigenvalue weighted by atomic mass is 16.6. The molecule has 0 radical (unpaired) electrons. The van der Waals surface area contributed by atoms with Gasteiger partial charge in [0.2, 0.25) is 6.04 Å². The number of rotatable bonds is 4. The van der Waals surface area contributed by atoms with E-state index in [0.29, 0.717) is 0 Å². The molecule has 0 amide bonds. The number of carbonyl (C=O) groups is 1. The van der Waals surface area contributed by atoms with Gasteiger partial charge in [0.15, 0.2) is 0 Å². The average molecular weight is 189 g/mol. The SMILES string of the molecule is O=C(OCCO)C1CC([N+](=O)[O-])C1. The van der Waals surface area contributed by atoms with Crippen LogP contribution in [0.25, 0.3) is 0 Å². The zero-order chi connectivity index (χ0) is 9.84. The van der Waals surface area contributed by atoms with Crippen LogP contribution in [0.4, 0.5) is 0 Å². The number of esters is 1. The first-order chi connectivity index (χ1) is 6.15. The van der Waals surface area contributed by atoms with E-state index in [4.69, 9.17) is 5.11 Å². The number of nitrogens with zero attached hydrogens (tertiary/aromatic N) is 1. The topological polar surface area (TPSA) is 89.7 Å². The summed E-state index contributed by atoms with van der Waals surface area (Å²) >= 11 is 0. The smallest absolute Gasteiger partial charge is 0.309 e. The molecule has 0 spiro atoms. The van der Waals surface area contributed by atoms with Crippen LogP contribution < -0.4 is 0 Å². The summed E-state index contributed by atoms with van der Waals surface area (Å²) < 4.78 is 4.61. The van der Waals surface area contributed by atoms with E-state index in [1.165, 1.54) is 0 Å². The zero-order valence-electron chi connectivity index (χ0n) is 7.01. The Kier molecular flexibility index (Phi) is 3.18. The quantitative estimate of drug-likeness (QED) is 0.368. The molecule has 13 heavy (non-hydrogen) atoms. The maximum absolute atomic E-state index is 11.0. The van der Waals surface area contributed by atoms with Crippen molar-refractivity contribution >= 4 is 5.97 Å². The first-order valence-corrected chi connectivity index (χ1v) is 4.06. The van der Waals surface area contributed by atoms with E-state index in [2.05, 4.69) is 4.74 Å². The van der Waals surface area contributed by atoms with Crippen molar-refractivity contribution in [2.75, 3.05) is 13.2 Å². The van der Waals surface area contributed by atoms with Gasteiger partial charge in [-0.25, -0.2) is 0 Å². The van der Waals surface area contributed by atoms with Gasteiger partial charge in [-0.05, 0) is 0 Å². The summed E-state index contributed by atoms with van der Waals surface area (Å²) in [7, 11) is 0. The van der Waals surface area contributed by atoms with E-state index in [1.807, 2.05) is 0 Å². The third-order valence-corrected chi connectivity index (χ3v) is 2.08. The molecule has 0 aromatic carbocycles. The van der Waals surface area contributed by atoms with Gasteiger partial charge < -0.3 is 9.84 Å². The van der Waals surface area contributed by atoms with Gasteiger partial charge in [-0.1, -0.05) is 0 Å². The van der Waals surface area contributed by atoms with Crippen LogP contribution in [-0.2, 0) is 9.53 Å². The Morgan fingerprint density at radius 1 is 1.62 bits per heavy atom. The van der Waals surface area contributed by atoms with E-state index in [-0.39, 0.29) is 36.9 Å². The van der Waals surface area contributed by atoms with Crippen LogP contribution in [0, 0.1) is 16.0 Å². The van der Waals surface area contributed by atoms with Crippen molar-refractivity contribution in [1.82, 2.24) is 0 Å². The van der Waals surface area contributed by atoms with Crippen LogP contribution in [0.3, 0.4) is 0 Å². The van der Waals surface area contributed by atoms with Crippen LogP contribution in [0.5, 0.6) is 0 Å². The monoisotopic (exact) mass is 189 g/mol. The van der Waals surface area contributed by atoms with E-state index in [0.717, 1.165) is 0 Å². The minimum atomic E-state index is -0.591. The van der Waals surface area contributed by atoms with Crippen molar-refractivity contribution in [3.8, 4) is 0 Å². The van der Waals surface area contributed by atoms with E-state index in [9.17, 15) is 14.9 Å². The molecule has 1 rings (SSSR count). The minimum Gasteiger partial charge on any atom is -0.463 e. The predicted molar refractivity (Wildman–Crippen MR) is 41.6 cm³/mol. The standard InChI is InChI=1S/C7H11NO5/c9-1-2-13-7(10)5-3-6(4-5)8(11)12/h5-6,9H,1-4H2. The number of aliphatic hydroxyl groups is 1. The van der Waals surface area contributed by atoms with Gasteiger partial charge >= 0.3 is 5.97 Å². The fourth-order valence-electron chi connectivity index (χ4n) is 1.22. The van der Waals surface area contributed by atoms with E-state index in [1.54, 1.807) is 0 Å². The second-order valence-corrected chi connectivity index (χ2v) is 3.00. The van der Waals surface area contributed by atoms with Gasteiger partial charge in [0, 0.05) is 17.8 Å². The van der Waals surface area contributed by atoms with Crippen molar-refractivity contribution in [3.63, 3.8) is 0 Å². The highest BCUT2D eigenvalue weighted by Crippen LogP contribution is 2.30. The summed E-state index contributed by atoms with van der Waals surface area (Å²) in [6.45, 7) is -0.240. The Balaban J connectivity index is 2.19. The van der Waals surface area contributed by atoms with Gasteiger partial charge in [-0.2, -0.15) is 0 Å².